The average molecular weight is 419 g/mol. The Balaban J connectivity index is 1.39. The summed E-state index contributed by atoms with van der Waals surface area (Å²) in [4.78, 5) is 17.2. The first-order valence-corrected chi connectivity index (χ1v) is 9.81. The number of nitrogens with zero attached hydrogens (tertiary/aromatic N) is 5. The van der Waals surface area contributed by atoms with Gasteiger partial charge in [-0.1, -0.05) is 6.58 Å². The molecule has 1 aliphatic rings. The Morgan fingerprint density at radius 2 is 2.03 bits per heavy atom. The van der Waals surface area contributed by atoms with E-state index in [1.54, 1.807) is 12.3 Å². The molecular weight excluding hydrogens is 400 g/mol. The Morgan fingerprint density at radius 3 is 2.77 bits per heavy atom. The maximum Gasteiger partial charge on any atom is 0.269 e. The van der Waals surface area contributed by atoms with Gasteiger partial charge < -0.3 is 4.57 Å². The number of halogens is 2. The van der Waals surface area contributed by atoms with Gasteiger partial charge in [0.1, 0.15) is 23.4 Å². The van der Waals surface area contributed by atoms with Gasteiger partial charge in [-0.3, -0.25) is 4.79 Å². The fraction of sp³-hybridized carbons (Fsp3) is 0.217. The van der Waals surface area contributed by atoms with Gasteiger partial charge in [0, 0.05) is 48.6 Å². The molecule has 3 aromatic rings. The van der Waals surface area contributed by atoms with Gasteiger partial charge in [0.2, 0.25) is 0 Å². The van der Waals surface area contributed by atoms with Gasteiger partial charge in [0.15, 0.2) is 0 Å². The standard InChI is InChI=1S/C23H19F2N5O/c1-15(3-2-7-29-8-5-17-9-16(13-26)14-27-22(17)29)23(31)30-21(4-6-28-30)18-10-19(24)12-20(25)11-18/h5-6,8-12,14,21H,1-4,7H2. The normalized spacial score (nSPS) is 15.4. The highest BCUT2D eigenvalue weighted by molar-refractivity contribution is 5.94. The summed E-state index contributed by atoms with van der Waals surface area (Å²) in [5, 5.41) is 15.2. The number of amides is 1. The molecular formula is C23H19F2N5O. The number of carbonyl (C=O) groups is 1. The quantitative estimate of drug-likeness (QED) is 0.553. The molecule has 1 aromatic carbocycles. The molecule has 0 bridgehead atoms. The number of hydrogen-bond acceptors (Lipinski definition) is 4. The van der Waals surface area contributed by atoms with E-state index in [0.717, 1.165) is 17.1 Å². The van der Waals surface area contributed by atoms with Gasteiger partial charge in [-0.15, -0.1) is 0 Å². The number of hydrogen-bond donors (Lipinski definition) is 0. The molecule has 1 unspecified atom stereocenters. The van der Waals surface area contributed by atoms with Crippen LogP contribution in [0.25, 0.3) is 11.0 Å². The molecule has 0 spiro atoms. The predicted molar refractivity (Wildman–Crippen MR) is 112 cm³/mol. The number of pyridine rings is 1. The maximum atomic E-state index is 13.6. The van der Waals surface area contributed by atoms with Crippen molar-refractivity contribution in [1.82, 2.24) is 14.6 Å². The van der Waals surface area contributed by atoms with E-state index < -0.39 is 17.7 Å². The lowest BCUT2D eigenvalue weighted by Gasteiger charge is -2.23. The third-order valence-electron chi connectivity index (χ3n) is 5.22. The predicted octanol–water partition coefficient (Wildman–Crippen LogP) is 4.48. The molecule has 0 saturated carbocycles. The first-order chi connectivity index (χ1) is 15.0. The summed E-state index contributed by atoms with van der Waals surface area (Å²) in [6, 6.07) is 8.42. The molecule has 1 atom stereocenters. The van der Waals surface area contributed by atoms with Gasteiger partial charge in [0.05, 0.1) is 11.6 Å². The Bertz CT molecular complexity index is 1220. The number of benzene rings is 1. The van der Waals surface area contributed by atoms with Gasteiger partial charge in [-0.25, -0.2) is 18.8 Å². The second-order valence-corrected chi connectivity index (χ2v) is 7.37. The Kier molecular flexibility index (Phi) is 5.58. The highest BCUT2D eigenvalue weighted by Gasteiger charge is 2.30. The number of hydrazone groups is 1. The van der Waals surface area contributed by atoms with Gasteiger partial charge >= 0.3 is 0 Å². The number of aromatic nitrogens is 2. The fourth-order valence-electron chi connectivity index (χ4n) is 3.71. The monoisotopic (exact) mass is 419 g/mol. The number of nitriles is 1. The zero-order valence-corrected chi connectivity index (χ0v) is 16.6. The van der Waals surface area contributed by atoms with Crippen molar-refractivity contribution in [3.05, 3.63) is 77.6 Å². The Morgan fingerprint density at radius 1 is 1.26 bits per heavy atom. The smallest absolute Gasteiger partial charge is 0.269 e. The number of rotatable bonds is 6. The van der Waals surface area contributed by atoms with Crippen molar-refractivity contribution in [1.29, 1.82) is 5.26 Å². The lowest BCUT2D eigenvalue weighted by atomic mass is 10.0. The van der Waals surface area contributed by atoms with Crippen LogP contribution in [-0.4, -0.2) is 26.7 Å². The lowest BCUT2D eigenvalue weighted by molar-refractivity contribution is -0.129. The van der Waals surface area contributed by atoms with Gasteiger partial charge in [-0.2, -0.15) is 10.4 Å². The van der Waals surface area contributed by atoms with Crippen molar-refractivity contribution in [2.24, 2.45) is 5.10 Å². The van der Waals surface area contributed by atoms with Crippen LogP contribution in [0.1, 0.15) is 36.4 Å². The highest BCUT2D eigenvalue weighted by Crippen LogP contribution is 2.31. The third-order valence-corrected chi connectivity index (χ3v) is 5.22. The number of carbonyl (C=O) groups excluding carboxylic acids is 1. The van der Waals surface area contributed by atoms with Crippen LogP contribution in [0, 0.1) is 23.0 Å². The second-order valence-electron chi connectivity index (χ2n) is 7.37. The molecule has 0 fully saturated rings. The summed E-state index contributed by atoms with van der Waals surface area (Å²) < 4.78 is 29.2. The van der Waals surface area contributed by atoms with E-state index in [1.165, 1.54) is 23.3 Å². The third kappa shape index (κ3) is 4.21. The molecule has 1 amide bonds. The highest BCUT2D eigenvalue weighted by atomic mass is 19.1. The van der Waals surface area contributed by atoms with Crippen LogP contribution in [-0.2, 0) is 11.3 Å². The zero-order chi connectivity index (χ0) is 22.0. The number of fused-ring (bicyclic) bond motifs is 1. The summed E-state index contributed by atoms with van der Waals surface area (Å²) in [7, 11) is 0. The fourth-order valence-corrected chi connectivity index (χ4v) is 3.71. The van der Waals surface area contributed by atoms with E-state index in [1.807, 2.05) is 16.8 Å². The summed E-state index contributed by atoms with van der Waals surface area (Å²) in [5.74, 6) is -1.75. The first-order valence-electron chi connectivity index (χ1n) is 9.81. The molecule has 156 valence electrons. The van der Waals surface area contributed by atoms with Crippen molar-refractivity contribution in [3.8, 4) is 6.07 Å². The van der Waals surface area contributed by atoms with Crippen molar-refractivity contribution in [3.63, 3.8) is 0 Å². The van der Waals surface area contributed by atoms with E-state index >= 15 is 0 Å². The van der Waals surface area contributed by atoms with Crippen LogP contribution in [0.2, 0.25) is 0 Å². The van der Waals surface area contributed by atoms with E-state index in [-0.39, 0.29) is 5.91 Å². The molecule has 8 heteroatoms. The summed E-state index contributed by atoms with van der Waals surface area (Å²) in [6.07, 6.45) is 6.45. The molecule has 4 rings (SSSR count). The maximum absolute atomic E-state index is 13.6. The largest absolute Gasteiger partial charge is 0.333 e. The van der Waals surface area contributed by atoms with Crippen molar-refractivity contribution in [2.75, 3.05) is 0 Å². The second kappa shape index (κ2) is 8.48. The van der Waals surface area contributed by atoms with Crippen LogP contribution < -0.4 is 0 Å². The SMILES string of the molecule is C=C(CCCn1ccc2cc(C#N)cnc21)C(=O)N1N=CCC1c1cc(F)cc(F)c1. The Labute approximate surface area is 177 Å². The molecule has 0 aliphatic carbocycles. The van der Waals surface area contributed by atoms with Crippen LogP contribution >= 0.6 is 0 Å². The topological polar surface area (TPSA) is 74.3 Å². The van der Waals surface area contributed by atoms with E-state index in [2.05, 4.69) is 22.7 Å². The van der Waals surface area contributed by atoms with E-state index in [0.29, 0.717) is 42.5 Å². The van der Waals surface area contributed by atoms with Crippen molar-refractivity contribution < 1.29 is 13.6 Å². The molecule has 0 radical (unpaired) electrons. The van der Waals surface area contributed by atoms with Crippen LogP contribution in [0.4, 0.5) is 8.78 Å². The van der Waals surface area contributed by atoms with Crippen molar-refractivity contribution in [2.45, 2.75) is 31.8 Å². The minimum Gasteiger partial charge on any atom is -0.333 e. The van der Waals surface area contributed by atoms with Crippen molar-refractivity contribution >= 4 is 23.2 Å². The molecule has 3 heterocycles. The number of aryl methyl sites for hydroxylation is 1. The van der Waals surface area contributed by atoms with Crippen LogP contribution in [0.5, 0.6) is 0 Å². The van der Waals surface area contributed by atoms with E-state index in [4.69, 9.17) is 5.26 Å². The summed E-state index contributed by atoms with van der Waals surface area (Å²) in [6.45, 7) is 4.51. The molecule has 0 N–H and O–H groups in total. The first kappa shape index (κ1) is 20.4. The zero-order valence-electron chi connectivity index (χ0n) is 16.6. The summed E-state index contributed by atoms with van der Waals surface area (Å²) in [5.41, 5.74) is 2.01. The van der Waals surface area contributed by atoms with Crippen LogP contribution in [0.3, 0.4) is 0 Å². The average Bonchev–Trinajstić information content (AvgIpc) is 3.39. The summed E-state index contributed by atoms with van der Waals surface area (Å²) >= 11 is 0. The molecule has 0 saturated heterocycles. The lowest BCUT2D eigenvalue weighted by Crippen LogP contribution is -2.28. The minimum atomic E-state index is -0.692. The minimum absolute atomic E-state index is 0.359. The molecule has 2 aromatic heterocycles. The van der Waals surface area contributed by atoms with Gasteiger partial charge in [-0.05, 0) is 42.7 Å². The Hall–Kier alpha value is -3.86. The van der Waals surface area contributed by atoms with E-state index in [9.17, 15) is 13.6 Å². The molecule has 31 heavy (non-hydrogen) atoms. The molecule has 1 aliphatic heterocycles. The van der Waals surface area contributed by atoms with Gasteiger partial charge in [0.25, 0.3) is 5.91 Å². The van der Waals surface area contributed by atoms with Crippen LogP contribution in [0.15, 0.2) is 60.0 Å². The molecule has 6 nitrogen and oxygen atoms in total.